The van der Waals surface area contributed by atoms with Gasteiger partial charge < -0.3 is 19.5 Å². The fraction of sp³-hybridized carbons (Fsp3) is 0.462. The maximum atomic E-state index is 11.3. The number of ether oxygens (including phenoxy) is 2. The molecule has 0 bridgehead atoms. The van der Waals surface area contributed by atoms with Gasteiger partial charge in [0.25, 0.3) is 0 Å². The van der Waals surface area contributed by atoms with E-state index in [0.29, 0.717) is 18.8 Å². The van der Waals surface area contributed by atoms with Crippen LogP contribution in [-0.4, -0.2) is 48.4 Å². The number of aliphatic carboxylic acids is 1. The van der Waals surface area contributed by atoms with Crippen LogP contribution in [0.15, 0.2) is 18.2 Å². The normalized spacial score (nSPS) is 18.3. The molecule has 1 aliphatic rings. The van der Waals surface area contributed by atoms with Crippen LogP contribution in [0.4, 0.5) is 11.4 Å². The molecule has 0 saturated carbocycles. The van der Waals surface area contributed by atoms with E-state index in [1.807, 2.05) is 0 Å². The highest BCUT2D eigenvalue weighted by molar-refractivity contribution is 5.79. The van der Waals surface area contributed by atoms with Gasteiger partial charge in [-0.15, -0.1) is 0 Å². The van der Waals surface area contributed by atoms with Gasteiger partial charge in [0.1, 0.15) is 0 Å². The second-order valence-corrected chi connectivity index (χ2v) is 4.46. The van der Waals surface area contributed by atoms with Gasteiger partial charge in [0, 0.05) is 24.4 Å². The van der Waals surface area contributed by atoms with Crippen LogP contribution in [0.5, 0.6) is 5.75 Å². The third-order valence-electron chi connectivity index (χ3n) is 3.19. The van der Waals surface area contributed by atoms with Crippen molar-refractivity contribution in [2.75, 3.05) is 31.3 Å². The number of hydrogen-bond acceptors (Lipinski definition) is 6. The summed E-state index contributed by atoms with van der Waals surface area (Å²) in [6, 6.07) is 3.55. The predicted octanol–water partition coefficient (Wildman–Crippen LogP) is 1.28. The van der Waals surface area contributed by atoms with Gasteiger partial charge in [-0.05, 0) is 13.0 Å². The molecule has 1 saturated heterocycles. The number of carbonyl (C=O) groups is 1. The van der Waals surface area contributed by atoms with Crippen molar-refractivity contribution in [1.29, 1.82) is 0 Å². The van der Waals surface area contributed by atoms with E-state index in [-0.39, 0.29) is 24.7 Å². The number of carboxylic acid groups (broad SMARTS) is 1. The van der Waals surface area contributed by atoms with Crippen molar-refractivity contribution >= 4 is 17.3 Å². The SMILES string of the molecule is CCOc1cc(N2CCOCC2C(=O)O)ccc1[N+](=O)[O-]. The summed E-state index contributed by atoms with van der Waals surface area (Å²) in [5, 5.41) is 20.2. The van der Waals surface area contributed by atoms with Gasteiger partial charge in [-0.3, -0.25) is 10.1 Å². The molecule has 1 aromatic rings. The Hall–Kier alpha value is -2.35. The molecular formula is C13H16N2O6. The third kappa shape index (κ3) is 3.22. The van der Waals surface area contributed by atoms with E-state index in [1.165, 1.54) is 18.2 Å². The molecule has 0 aliphatic carbocycles. The summed E-state index contributed by atoms with van der Waals surface area (Å²) < 4.78 is 10.5. The van der Waals surface area contributed by atoms with E-state index in [0.717, 1.165) is 0 Å². The summed E-state index contributed by atoms with van der Waals surface area (Å²) in [5.74, 6) is -0.860. The summed E-state index contributed by atoms with van der Waals surface area (Å²) in [7, 11) is 0. The van der Waals surface area contributed by atoms with Crippen LogP contribution in [0.1, 0.15) is 6.92 Å². The fourth-order valence-electron chi connectivity index (χ4n) is 2.22. The highest BCUT2D eigenvalue weighted by Crippen LogP contribution is 2.33. The standard InChI is InChI=1S/C13H16N2O6/c1-2-21-12-7-9(3-4-10(12)15(18)19)14-5-6-20-8-11(14)13(16)17/h3-4,7,11H,2,5-6,8H2,1H3,(H,16,17). The van der Waals surface area contributed by atoms with Crippen molar-refractivity contribution < 1.29 is 24.3 Å². The number of benzene rings is 1. The average molecular weight is 296 g/mol. The van der Waals surface area contributed by atoms with Gasteiger partial charge >= 0.3 is 11.7 Å². The fourth-order valence-corrected chi connectivity index (χ4v) is 2.22. The van der Waals surface area contributed by atoms with Gasteiger partial charge in [-0.1, -0.05) is 0 Å². The van der Waals surface area contributed by atoms with Crippen LogP contribution in [0, 0.1) is 10.1 Å². The second-order valence-electron chi connectivity index (χ2n) is 4.46. The number of nitro benzene ring substituents is 1. The van der Waals surface area contributed by atoms with Crippen LogP contribution in [0.25, 0.3) is 0 Å². The van der Waals surface area contributed by atoms with E-state index in [9.17, 15) is 20.0 Å². The molecule has 1 aromatic carbocycles. The molecular weight excluding hydrogens is 280 g/mol. The molecule has 1 aliphatic heterocycles. The molecule has 1 unspecified atom stereocenters. The lowest BCUT2D eigenvalue weighted by molar-refractivity contribution is -0.385. The maximum absolute atomic E-state index is 11.3. The molecule has 1 N–H and O–H groups in total. The maximum Gasteiger partial charge on any atom is 0.328 e. The van der Waals surface area contributed by atoms with Crippen molar-refractivity contribution in [3.05, 3.63) is 28.3 Å². The van der Waals surface area contributed by atoms with E-state index in [1.54, 1.807) is 11.8 Å². The van der Waals surface area contributed by atoms with Gasteiger partial charge in [0.05, 0.1) is 24.7 Å². The smallest absolute Gasteiger partial charge is 0.328 e. The van der Waals surface area contributed by atoms with E-state index < -0.39 is 16.9 Å². The summed E-state index contributed by atoms with van der Waals surface area (Å²) in [6.07, 6.45) is 0. The molecule has 0 amide bonds. The Bertz CT molecular complexity index is 547. The minimum atomic E-state index is -0.994. The van der Waals surface area contributed by atoms with Gasteiger partial charge in [0.2, 0.25) is 0 Å². The Kier molecular flexibility index (Phi) is 4.59. The molecule has 21 heavy (non-hydrogen) atoms. The van der Waals surface area contributed by atoms with Crippen molar-refractivity contribution in [3.63, 3.8) is 0 Å². The lowest BCUT2D eigenvalue weighted by Gasteiger charge is -2.34. The predicted molar refractivity (Wildman–Crippen MR) is 73.9 cm³/mol. The minimum Gasteiger partial charge on any atom is -0.487 e. The Morgan fingerprint density at radius 3 is 3.00 bits per heavy atom. The van der Waals surface area contributed by atoms with Crippen molar-refractivity contribution in [3.8, 4) is 5.75 Å². The van der Waals surface area contributed by atoms with Gasteiger partial charge in [-0.2, -0.15) is 0 Å². The van der Waals surface area contributed by atoms with Crippen molar-refractivity contribution in [2.45, 2.75) is 13.0 Å². The van der Waals surface area contributed by atoms with Gasteiger partial charge in [0.15, 0.2) is 11.8 Å². The average Bonchev–Trinajstić information content (AvgIpc) is 2.47. The number of rotatable bonds is 5. The van der Waals surface area contributed by atoms with Crippen molar-refractivity contribution in [1.82, 2.24) is 0 Å². The van der Waals surface area contributed by atoms with E-state index >= 15 is 0 Å². The first-order valence-electron chi connectivity index (χ1n) is 6.53. The van der Waals surface area contributed by atoms with Crippen LogP contribution in [0.3, 0.4) is 0 Å². The number of carboxylic acids is 1. The Balaban J connectivity index is 2.36. The third-order valence-corrected chi connectivity index (χ3v) is 3.19. The molecule has 114 valence electrons. The summed E-state index contributed by atoms with van der Waals surface area (Å²) >= 11 is 0. The van der Waals surface area contributed by atoms with E-state index in [4.69, 9.17) is 9.47 Å². The lowest BCUT2D eigenvalue weighted by atomic mass is 10.1. The molecule has 0 aromatic heterocycles. The van der Waals surface area contributed by atoms with E-state index in [2.05, 4.69) is 0 Å². The van der Waals surface area contributed by atoms with Crippen LogP contribution >= 0.6 is 0 Å². The molecule has 0 spiro atoms. The topological polar surface area (TPSA) is 102 Å². The Labute approximate surface area is 121 Å². The molecule has 2 rings (SSSR count). The largest absolute Gasteiger partial charge is 0.487 e. The summed E-state index contributed by atoms with van der Waals surface area (Å²) in [4.78, 5) is 23.3. The monoisotopic (exact) mass is 296 g/mol. The summed E-state index contributed by atoms with van der Waals surface area (Å²) in [6.45, 7) is 2.91. The Morgan fingerprint density at radius 2 is 2.38 bits per heavy atom. The van der Waals surface area contributed by atoms with Crippen molar-refractivity contribution in [2.24, 2.45) is 0 Å². The molecule has 8 nitrogen and oxygen atoms in total. The minimum absolute atomic E-state index is 0.0797. The zero-order valence-corrected chi connectivity index (χ0v) is 11.5. The second kappa shape index (κ2) is 6.40. The number of hydrogen-bond donors (Lipinski definition) is 1. The van der Waals surface area contributed by atoms with Crippen LogP contribution in [0.2, 0.25) is 0 Å². The molecule has 8 heteroatoms. The zero-order chi connectivity index (χ0) is 15.4. The molecule has 1 fully saturated rings. The number of anilines is 1. The quantitative estimate of drug-likeness (QED) is 0.645. The van der Waals surface area contributed by atoms with Gasteiger partial charge in [-0.25, -0.2) is 4.79 Å². The first-order chi connectivity index (χ1) is 10.0. The summed E-state index contributed by atoms with van der Waals surface area (Å²) in [5.41, 5.74) is 0.431. The van der Waals surface area contributed by atoms with Crippen LogP contribution in [-0.2, 0) is 9.53 Å². The number of nitro groups is 1. The highest BCUT2D eigenvalue weighted by Gasteiger charge is 2.30. The Morgan fingerprint density at radius 1 is 1.62 bits per heavy atom. The molecule has 1 heterocycles. The number of morpholine rings is 1. The highest BCUT2D eigenvalue weighted by atomic mass is 16.6. The lowest BCUT2D eigenvalue weighted by Crippen LogP contribution is -2.50. The first kappa shape index (κ1) is 15.0. The molecule has 1 atom stereocenters. The molecule has 0 radical (unpaired) electrons. The first-order valence-corrected chi connectivity index (χ1v) is 6.53. The number of nitrogens with zero attached hydrogens (tertiary/aromatic N) is 2. The van der Waals surface area contributed by atoms with Crippen LogP contribution < -0.4 is 9.64 Å². The zero-order valence-electron chi connectivity index (χ0n) is 11.5.